The first-order valence-electron chi connectivity index (χ1n) is 6.93. The van der Waals surface area contributed by atoms with Gasteiger partial charge in [0.2, 0.25) is 5.91 Å². The summed E-state index contributed by atoms with van der Waals surface area (Å²) in [6.45, 7) is 1.31. The van der Waals surface area contributed by atoms with Gasteiger partial charge in [-0.3, -0.25) is 9.59 Å². The normalized spacial score (nSPS) is 16.0. The fourth-order valence-electron chi connectivity index (χ4n) is 2.43. The van der Waals surface area contributed by atoms with E-state index in [0.717, 1.165) is 17.7 Å². The van der Waals surface area contributed by atoms with Crippen LogP contribution in [-0.4, -0.2) is 40.7 Å². The SMILES string of the molecule is O=C(O)CC1CCN(C(=O)CSc2ccccc2Cl)CC1. The molecule has 1 amide bonds. The number of carboxylic acid groups (broad SMARTS) is 1. The molecule has 1 aromatic carbocycles. The lowest BCUT2D eigenvalue weighted by Crippen LogP contribution is -2.39. The highest BCUT2D eigenvalue weighted by Crippen LogP contribution is 2.27. The average Bonchev–Trinajstić information content (AvgIpc) is 2.46. The number of halogens is 1. The molecule has 2 rings (SSSR count). The first-order valence-corrected chi connectivity index (χ1v) is 8.29. The number of carbonyl (C=O) groups is 2. The molecule has 0 saturated carbocycles. The van der Waals surface area contributed by atoms with Gasteiger partial charge in [-0.1, -0.05) is 23.7 Å². The lowest BCUT2D eigenvalue weighted by Gasteiger charge is -2.31. The minimum absolute atomic E-state index is 0.0914. The number of thioether (sulfide) groups is 1. The molecule has 1 aliphatic rings. The highest BCUT2D eigenvalue weighted by molar-refractivity contribution is 8.00. The second-order valence-corrected chi connectivity index (χ2v) is 6.57. The molecular formula is C15H18ClNO3S. The van der Waals surface area contributed by atoms with Gasteiger partial charge in [0.1, 0.15) is 0 Å². The number of hydrogen-bond donors (Lipinski definition) is 1. The molecule has 6 heteroatoms. The fraction of sp³-hybridized carbons (Fsp3) is 0.467. The van der Waals surface area contributed by atoms with Gasteiger partial charge in [0.05, 0.1) is 10.8 Å². The van der Waals surface area contributed by atoms with Crippen LogP contribution in [0.3, 0.4) is 0 Å². The largest absolute Gasteiger partial charge is 0.481 e. The van der Waals surface area contributed by atoms with Gasteiger partial charge in [0.25, 0.3) is 0 Å². The van der Waals surface area contributed by atoms with E-state index in [0.29, 0.717) is 23.9 Å². The Morgan fingerprint density at radius 2 is 1.95 bits per heavy atom. The van der Waals surface area contributed by atoms with Gasteiger partial charge in [0, 0.05) is 24.4 Å². The van der Waals surface area contributed by atoms with E-state index in [4.69, 9.17) is 16.7 Å². The van der Waals surface area contributed by atoms with Gasteiger partial charge in [-0.15, -0.1) is 11.8 Å². The van der Waals surface area contributed by atoms with Crippen molar-refractivity contribution in [3.8, 4) is 0 Å². The molecule has 1 aromatic rings. The Morgan fingerprint density at radius 1 is 1.29 bits per heavy atom. The summed E-state index contributed by atoms with van der Waals surface area (Å²) in [5.41, 5.74) is 0. The molecular weight excluding hydrogens is 310 g/mol. The van der Waals surface area contributed by atoms with Crippen molar-refractivity contribution in [2.75, 3.05) is 18.8 Å². The van der Waals surface area contributed by atoms with Gasteiger partial charge in [-0.25, -0.2) is 0 Å². The minimum Gasteiger partial charge on any atom is -0.481 e. The molecule has 1 aliphatic heterocycles. The van der Waals surface area contributed by atoms with Crippen LogP contribution in [0.1, 0.15) is 19.3 Å². The Bertz CT molecular complexity index is 515. The summed E-state index contributed by atoms with van der Waals surface area (Å²) in [6.07, 6.45) is 1.75. The van der Waals surface area contributed by atoms with Crippen LogP contribution in [0, 0.1) is 5.92 Å². The van der Waals surface area contributed by atoms with Crippen LogP contribution in [0.5, 0.6) is 0 Å². The van der Waals surface area contributed by atoms with Crippen LogP contribution in [0.25, 0.3) is 0 Å². The van der Waals surface area contributed by atoms with Crippen LogP contribution in [0.4, 0.5) is 0 Å². The molecule has 0 radical (unpaired) electrons. The molecule has 0 atom stereocenters. The Kier molecular flexibility index (Phi) is 5.94. The molecule has 1 fully saturated rings. The number of benzene rings is 1. The zero-order chi connectivity index (χ0) is 15.2. The molecule has 1 saturated heterocycles. The van der Waals surface area contributed by atoms with E-state index >= 15 is 0 Å². The highest BCUT2D eigenvalue weighted by Gasteiger charge is 2.24. The van der Waals surface area contributed by atoms with Crippen LogP contribution in [-0.2, 0) is 9.59 Å². The molecule has 0 bridgehead atoms. The second kappa shape index (κ2) is 7.71. The summed E-state index contributed by atoms with van der Waals surface area (Å²) in [6, 6.07) is 7.47. The molecule has 1 N–H and O–H groups in total. The maximum Gasteiger partial charge on any atom is 0.303 e. The van der Waals surface area contributed by atoms with E-state index in [9.17, 15) is 9.59 Å². The van der Waals surface area contributed by atoms with E-state index < -0.39 is 5.97 Å². The Labute approximate surface area is 133 Å². The van der Waals surface area contributed by atoms with E-state index in [2.05, 4.69) is 0 Å². The zero-order valence-corrected chi connectivity index (χ0v) is 13.2. The minimum atomic E-state index is -0.756. The third-order valence-corrected chi connectivity index (χ3v) is 5.12. The molecule has 0 spiro atoms. The molecule has 0 aliphatic carbocycles. The molecule has 0 aromatic heterocycles. The van der Waals surface area contributed by atoms with Crippen LogP contribution >= 0.6 is 23.4 Å². The maximum atomic E-state index is 12.2. The maximum absolute atomic E-state index is 12.2. The molecule has 114 valence electrons. The summed E-state index contributed by atoms with van der Waals surface area (Å²) in [5.74, 6) is -0.0987. The Balaban J connectivity index is 1.77. The lowest BCUT2D eigenvalue weighted by atomic mass is 9.94. The van der Waals surface area contributed by atoms with Gasteiger partial charge in [-0.05, 0) is 30.9 Å². The van der Waals surface area contributed by atoms with Crippen molar-refractivity contribution in [3.05, 3.63) is 29.3 Å². The number of carbonyl (C=O) groups excluding carboxylic acids is 1. The summed E-state index contributed by atoms with van der Waals surface area (Å²) in [7, 11) is 0. The van der Waals surface area contributed by atoms with E-state index in [1.165, 1.54) is 11.8 Å². The fourth-order valence-corrected chi connectivity index (χ4v) is 3.57. The van der Waals surface area contributed by atoms with Crippen molar-refractivity contribution in [1.82, 2.24) is 4.90 Å². The van der Waals surface area contributed by atoms with Crippen molar-refractivity contribution in [1.29, 1.82) is 0 Å². The number of nitrogens with zero attached hydrogens (tertiary/aromatic N) is 1. The number of amides is 1. The van der Waals surface area contributed by atoms with Gasteiger partial charge in [-0.2, -0.15) is 0 Å². The molecule has 1 heterocycles. The summed E-state index contributed by atoms with van der Waals surface area (Å²) in [4.78, 5) is 25.6. The Morgan fingerprint density at radius 3 is 2.57 bits per heavy atom. The molecule has 0 unspecified atom stereocenters. The Hall–Kier alpha value is -1.20. The standard InChI is InChI=1S/C15H18ClNO3S/c16-12-3-1-2-4-13(12)21-10-14(18)17-7-5-11(6-8-17)9-15(19)20/h1-4,11H,5-10H2,(H,19,20). The number of piperidine rings is 1. The number of likely N-dealkylation sites (tertiary alicyclic amines) is 1. The van der Waals surface area contributed by atoms with E-state index in [-0.39, 0.29) is 18.2 Å². The van der Waals surface area contributed by atoms with Crippen molar-refractivity contribution in [3.63, 3.8) is 0 Å². The summed E-state index contributed by atoms with van der Waals surface area (Å²) in [5, 5.41) is 9.44. The number of carboxylic acids is 1. The van der Waals surface area contributed by atoms with E-state index in [1.54, 1.807) is 0 Å². The van der Waals surface area contributed by atoms with Crippen LogP contribution in [0.2, 0.25) is 5.02 Å². The molecule has 4 nitrogen and oxygen atoms in total. The highest BCUT2D eigenvalue weighted by atomic mass is 35.5. The van der Waals surface area contributed by atoms with Gasteiger partial charge in [0.15, 0.2) is 0 Å². The smallest absolute Gasteiger partial charge is 0.303 e. The monoisotopic (exact) mass is 327 g/mol. The average molecular weight is 328 g/mol. The number of aliphatic carboxylic acids is 1. The van der Waals surface area contributed by atoms with Gasteiger partial charge < -0.3 is 10.0 Å². The topological polar surface area (TPSA) is 57.6 Å². The predicted molar refractivity (Wildman–Crippen MR) is 83.7 cm³/mol. The predicted octanol–water partition coefficient (Wildman–Crippen LogP) is 3.15. The lowest BCUT2D eigenvalue weighted by molar-refractivity contribution is -0.138. The second-order valence-electron chi connectivity index (χ2n) is 5.14. The molecule has 21 heavy (non-hydrogen) atoms. The van der Waals surface area contributed by atoms with Crippen LogP contribution in [0.15, 0.2) is 29.2 Å². The first-order chi connectivity index (χ1) is 10.1. The van der Waals surface area contributed by atoms with Crippen molar-refractivity contribution >= 4 is 35.2 Å². The van der Waals surface area contributed by atoms with E-state index in [1.807, 2.05) is 29.2 Å². The quantitative estimate of drug-likeness (QED) is 0.844. The van der Waals surface area contributed by atoms with Crippen molar-refractivity contribution in [2.24, 2.45) is 5.92 Å². The van der Waals surface area contributed by atoms with Gasteiger partial charge >= 0.3 is 5.97 Å². The van der Waals surface area contributed by atoms with Crippen molar-refractivity contribution < 1.29 is 14.7 Å². The third-order valence-electron chi connectivity index (χ3n) is 3.62. The van der Waals surface area contributed by atoms with Crippen molar-refractivity contribution in [2.45, 2.75) is 24.2 Å². The third kappa shape index (κ3) is 4.93. The zero-order valence-electron chi connectivity index (χ0n) is 11.6. The summed E-state index contributed by atoms with van der Waals surface area (Å²) < 4.78 is 0. The van der Waals surface area contributed by atoms with Crippen LogP contribution < -0.4 is 0 Å². The number of rotatable bonds is 5. The first kappa shape index (κ1) is 16.2. The number of hydrogen-bond acceptors (Lipinski definition) is 3. The summed E-state index contributed by atoms with van der Waals surface area (Å²) >= 11 is 7.50.